The molecule has 0 aromatic carbocycles. The third kappa shape index (κ3) is 2.64. The van der Waals surface area contributed by atoms with Gasteiger partial charge in [0.15, 0.2) is 0 Å². The van der Waals surface area contributed by atoms with Gasteiger partial charge in [0.05, 0.1) is 0 Å². The Morgan fingerprint density at radius 1 is 1.44 bits per heavy atom. The molecule has 1 aromatic rings. The molecule has 16 heavy (non-hydrogen) atoms. The van der Waals surface area contributed by atoms with Crippen molar-refractivity contribution in [3.63, 3.8) is 0 Å². The van der Waals surface area contributed by atoms with E-state index >= 15 is 0 Å². The fraction of sp³-hybridized carbons (Fsp3) is 0.667. The molecule has 0 bridgehead atoms. The first-order chi connectivity index (χ1) is 7.81. The number of alkyl halides is 1. The number of nitrogens with zero attached hydrogens (tertiary/aromatic N) is 3. The Balaban J connectivity index is 2.17. The van der Waals surface area contributed by atoms with Crippen molar-refractivity contribution < 1.29 is 0 Å². The van der Waals surface area contributed by atoms with Crippen molar-refractivity contribution >= 4 is 17.4 Å². The smallest absolute Gasteiger partial charge is 0.132 e. The van der Waals surface area contributed by atoms with Gasteiger partial charge in [-0.05, 0) is 25.8 Å². The van der Waals surface area contributed by atoms with E-state index in [1.165, 1.54) is 25.7 Å². The van der Waals surface area contributed by atoms with E-state index in [9.17, 15) is 0 Å². The molecule has 0 atom stereocenters. The Morgan fingerprint density at radius 3 is 2.81 bits per heavy atom. The summed E-state index contributed by atoms with van der Waals surface area (Å²) in [5.74, 6) is 2.51. The van der Waals surface area contributed by atoms with Gasteiger partial charge in [0, 0.05) is 24.7 Å². The van der Waals surface area contributed by atoms with Crippen LogP contribution < -0.4 is 4.90 Å². The first-order valence-electron chi connectivity index (χ1n) is 5.93. The summed E-state index contributed by atoms with van der Waals surface area (Å²) in [5, 5.41) is 0. The molecule has 2 rings (SSSR count). The maximum atomic E-state index is 5.88. The summed E-state index contributed by atoms with van der Waals surface area (Å²) in [6, 6.07) is 2.60. The Hall–Kier alpha value is -0.830. The van der Waals surface area contributed by atoms with Crippen LogP contribution in [-0.4, -0.2) is 28.4 Å². The van der Waals surface area contributed by atoms with Gasteiger partial charge >= 0.3 is 0 Å². The largest absolute Gasteiger partial charge is 0.352 e. The van der Waals surface area contributed by atoms with Crippen LogP contribution in [0.1, 0.15) is 31.5 Å². The molecule has 1 fully saturated rings. The van der Waals surface area contributed by atoms with Gasteiger partial charge in [0.2, 0.25) is 0 Å². The van der Waals surface area contributed by atoms with E-state index in [4.69, 9.17) is 11.6 Å². The van der Waals surface area contributed by atoms with E-state index in [2.05, 4.69) is 14.9 Å². The Bertz CT molecular complexity index is 337. The molecular weight excluding hydrogens is 222 g/mol. The van der Waals surface area contributed by atoms with Crippen molar-refractivity contribution in [3.8, 4) is 0 Å². The number of aromatic nitrogens is 2. The minimum absolute atomic E-state index is 0.619. The molecule has 0 saturated heterocycles. The normalized spacial score (nSPS) is 16.6. The molecule has 88 valence electrons. The summed E-state index contributed by atoms with van der Waals surface area (Å²) >= 11 is 5.88. The van der Waals surface area contributed by atoms with Gasteiger partial charge in [-0.2, -0.15) is 0 Å². The highest BCUT2D eigenvalue weighted by atomic mass is 35.5. The summed E-state index contributed by atoms with van der Waals surface area (Å²) in [4.78, 5) is 11.0. The quantitative estimate of drug-likeness (QED) is 0.757. The summed E-state index contributed by atoms with van der Waals surface area (Å²) < 4.78 is 0. The molecule has 0 spiro atoms. The molecule has 4 heteroatoms. The third-order valence-electron chi connectivity index (χ3n) is 3.15. The van der Waals surface area contributed by atoms with Crippen molar-refractivity contribution in [2.45, 2.75) is 38.6 Å². The average molecular weight is 240 g/mol. The monoisotopic (exact) mass is 239 g/mol. The molecule has 0 radical (unpaired) electrons. The number of halogens is 1. The molecule has 0 aliphatic heterocycles. The number of hydrogen-bond donors (Lipinski definition) is 0. The molecule has 0 amide bonds. The van der Waals surface area contributed by atoms with Gasteiger partial charge < -0.3 is 4.90 Å². The molecule has 1 aliphatic rings. The maximum absolute atomic E-state index is 5.88. The van der Waals surface area contributed by atoms with Crippen molar-refractivity contribution in [2.75, 3.05) is 17.3 Å². The lowest BCUT2D eigenvalue weighted by atomic mass is 10.2. The lowest BCUT2D eigenvalue weighted by Gasteiger charge is -2.29. The Labute approximate surface area is 102 Å². The summed E-state index contributed by atoms with van der Waals surface area (Å²) in [6.07, 6.45) is 7.01. The van der Waals surface area contributed by atoms with Gasteiger partial charge in [0.25, 0.3) is 0 Å². The van der Waals surface area contributed by atoms with Gasteiger partial charge in [0.1, 0.15) is 11.6 Å². The molecule has 0 N–H and O–H groups in total. The van der Waals surface area contributed by atoms with E-state index < -0.39 is 0 Å². The number of aryl methyl sites for hydroxylation is 1. The van der Waals surface area contributed by atoms with Crippen LogP contribution in [0.2, 0.25) is 0 Å². The van der Waals surface area contributed by atoms with Crippen molar-refractivity contribution in [1.82, 2.24) is 9.97 Å². The van der Waals surface area contributed by atoms with Crippen LogP contribution in [0.3, 0.4) is 0 Å². The highest BCUT2D eigenvalue weighted by molar-refractivity contribution is 6.18. The van der Waals surface area contributed by atoms with Gasteiger partial charge in [-0.1, -0.05) is 12.8 Å². The predicted molar refractivity (Wildman–Crippen MR) is 67.1 cm³/mol. The van der Waals surface area contributed by atoms with Crippen LogP contribution in [0.15, 0.2) is 12.3 Å². The van der Waals surface area contributed by atoms with Crippen LogP contribution >= 0.6 is 11.6 Å². The van der Waals surface area contributed by atoms with Gasteiger partial charge in [-0.3, -0.25) is 0 Å². The minimum Gasteiger partial charge on any atom is -0.352 e. The number of hydrogen-bond acceptors (Lipinski definition) is 3. The second-order valence-corrected chi connectivity index (χ2v) is 4.66. The van der Waals surface area contributed by atoms with E-state index in [-0.39, 0.29) is 0 Å². The van der Waals surface area contributed by atoms with E-state index in [0.29, 0.717) is 11.9 Å². The highest BCUT2D eigenvalue weighted by Gasteiger charge is 2.23. The lowest BCUT2D eigenvalue weighted by molar-refractivity contribution is 0.613. The first-order valence-corrected chi connectivity index (χ1v) is 6.47. The fourth-order valence-corrected chi connectivity index (χ4v) is 2.58. The van der Waals surface area contributed by atoms with Crippen LogP contribution in [0, 0.1) is 6.92 Å². The highest BCUT2D eigenvalue weighted by Crippen LogP contribution is 2.26. The van der Waals surface area contributed by atoms with Crippen molar-refractivity contribution in [1.29, 1.82) is 0 Å². The topological polar surface area (TPSA) is 29.0 Å². The van der Waals surface area contributed by atoms with Crippen LogP contribution in [-0.2, 0) is 0 Å². The molecule has 3 nitrogen and oxygen atoms in total. The molecule has 1 aromatic heterocycles. The zero-order valence-electron chi connectivity index (χ0n) is 9.69. The SMILES string of the molecule is Cc1nccc(N(CCCl)C2CCCC2)n1. The molecule has 1 aliphatic carbocycles. The second-order valence-electron chi connectivity index (χ2n) is 4.28. The summed E-state index contributed by atoms with van der Waals surface area (Å²) in [7, 11) is 0. The van der Waals surface area contributed by atoms with E-state index in [1.807, 2.05) is 19.2 Å². The summed E-state index contributed by atoms with van der Waals surface area (Å²) in [6.45, 7) is 2.81. The zero-order chi connectivity index (χ0) is 11.4. The van der Waals surface area contributed by atoms with E-state index in [0.717, 1.165) is 18.2 Å². The first kappa shape index (κ1) is 11.6. The number of anilines is 1. The minimum atomic E-state index is 0.619. The van der Waals surface area contributed by atoms with Crippen molar-refractivity contribution in [3.05, 3.63) is 18.1 Å². The van der Waals surface area contributed by atoms with Crippen LogP contribution in [0.25, 0.3) is 0 Å². The standard InChI is InChI=1S/C12H18ClN3/c1-10-14-8-6-12(15-10)16(9-7-13)11-4-2-3-5-11/h6,8,11H,2-5,7,9H2,1H3. The summed E-state index contributed by atoms with van der Waals surface area (Å²) in [5.41, 5.74) is 0. The fourth-order valence-electron chi connectivity index (χ4n) is 2.39. The molecule has 1 saturated carbocycles. The number of rotatable bonds is 4. The van der Waals surface area contributed by atoms with Crippen molar-refractivity contribution in [2.24, 2.45) is 0 Å². The third-order valence-corrected chi connectivity index (χ3v) is 3.32. The lowest BCUT2D eigenvalue weighted by Crippen LogP contribution is -2.35. The predicted octanol–water partition coefficient (Wildman–Crippen LogP) is 2.77. The second kappa shape index (κ2) is 5.48. The Kier molecular flexibility index (Phi) is 3.99. The van der Waals surface area contributed by atoms with Crippen LogP contribution in [0.4, 0.5) is 5.82 Å². The maximum Gasteiger partial charge on any atom is 0.132 e. The molecular formula is C12H18ClN3. The zero-order valence-corrected chi connectivity index (χ0v) is 10.5. The van der Waals surface area contributed by atoms with E-state index in [1.54, 1.807) is 0 Å². The van der Waals surface area contributed by atoms with Gasteiger partial charge in [-0.25, -0.2) is 9.97 Å². The van der Waals surface area contributed by atoms with Crippen LogP contribution in [0.5, 0.6) is 0 Å². The molecule has 1 heterocycles. The van der Waals surface area contributed by atoms with Gasteiger partial charge in [-0.15, -0.1) is 11.6 Å². The Morgan fingerprint density at radius 2 is 2.19 bits per heavy atom. The molecule has 0 unspecified atom stereocenters. The average Bonchev–Trinajstić information content (AvgIpc) is 2.79.